The molecule has 1 aromatic carbocycles. The van der Waals surface area contributed by atoms with Crippen molar-refractivity contribution in [1.29, 1.82) is 0 Å². The van der Waals surface area contributed by atoms with E-state index in [4.69, 9.17) is 4.42 Å². The van der Waals surface area contributed by atoms with E-state index in [0.717, 1.165) is 24.2 Å². The molecule has 2 atom stereocenters. The Kier molecular flexibility index (Phi) is 11.2. The van der Waals surface area contributed by atoms with Gasteiger partial charge in [0.2, 0.25) is 5.91 Å². The summed E-state index contributed by atoms with van der Waals surface area (Å²) in [6.07, 6.45) is 4.46. The maximum atomic E-state index is 13.1. The summed E-state index contributed by atoms with van der Waals surface area (Å²) in [6.45, 7) is 8.02. The molecule has 0 bridgehead atoms. The number of Topliss-reactive ketones (excluding diaryl/α,β-unsaturated/α-hetero) is 1. The lowest BCUT2D eigenvalue weighted by atomic mass is 10.0. The third kappa shape index (κ3) is 9.46. The van der Waals surface area contributed by atoms with Crippen LogP contribution >= 0.6 is 11.8 Å². The molecular formula is C26H36N2O4S. The zero-order valence-electron chi connectivity index (χ0n) is 20.1. The Hall–Kier alpha value is -2.54. The van der Waals surface area contributed by atoms with Gasteiger partial charge in [-0.3, -0.25) is 14.4 Å². The van der Waals surface area contributed by atoms with Crippen molar-refractivity contribution in [2.45, 2.75) is 71.2 Å². The molecule has 0 aliphatic rings. The Balaban J connectivity index is 2.01. The Morgan fingerprint density at radius 3 is 2.36 bits per heavy atom. The first-order chi connectivity index (χ1) is 15.8. The second-order valence-electron chi connectivity index (χ2n) is 8.76. The van der Waals surface area contributed by atoms with Gasteiger partial charge in [0.25, 0.3) is 5.91 Å². The number of furan rings is 1. The van der Waals surface area contributed by atoms with Crippen molar-refractivity contribution in [3.8, 4) is 0 Å². The average molecular weight is 473 g/mol. The number of ketones is 1. The molecule has 2 rings (SSSR count). The van der Waals surface area contributed by atoms with E-state index in [9.17, 15) is 14.4 Å². The number of carbonyl (C=O) groups is 3. The van der Waals surface area contributed by atoms with Gasteiger partial charge in [-0.15, -0.1) is 11.8 Å². The van der Waals surface area contributed by atoms with Gasteiger partial charge in [0.15, 0.2) is 5.78 Å². The monoisotopic (exact) mass is 472 g/mol. The van der Waals surface area contributed by atoms with Crippen molar-refractivity contribution in [3.63, 3.8) is 0 Å². The lowest BCUT2D eigenvalue weighted by Crippen LogP contribution is -2.52. The molecule has 0 saturated carbocycles. The van der Waals surface area contributed by atoms with E-state index in [2.05, 4.69) is 17.6 Å². The van der Waals surface area contributed by atoms with Gasteiger partial charge < -0.3 is 15.1 Å². The van der Waals surface area contributed by atoms with Crippen molar-refractivity contribution in [1.82, 2.24) is 10.6 Å². The van der Waals surface area contributed by atoms with Crippen molar-refractivity contribution in [2.24, 2.45) is 5.92 Å². The van der Waals surface area contributed by atoms with Crippen molar-refractivity contribution in [3.05, 3.63) is 59.5 Å². The summed E-state index contributed by atoms with van der Waals surface area (Å²) in [7, 11) is 0. The van der Waals surface area contributed by atoms with Crippen molar-refractivity contribution >= 4 is 29.4 Å². The summed E-state index contributed by atoms with van der Waals surface area (Å²) in [4.78, 5) is 38.7. The Bertz CT molecular complexity index is 878. The third-order valence-electron chi connectivity index (χ3n) is 5.26. The van der Waals surface area contributed by atoms with Crippen LogP contribution in [0.25, 0.3) is 0 Å². The molecule has 180 valence electrons. The molecule has 0 aliphatic heterocycles. The summed E-state index contributed by atoms with van der Waals surface area (Å²) in [6, 6.07) is 9.66. The maximum absolute atomic E-state index is 13.1. The van der Waals surface area contributed by atoms with Crippen molar-refractivity contribution < 1.29 is 18.8 Å². The minimum Gasteiger partial charge on any atom is -0.468 e. The zero-order valence-corrected chi connectivity index (χ0v) is 20.9. The van der Waals surface area contributed by atoms with Crippen LogP contribution in [0.15, 0.2) is 47.1 Å². The first-order valence-corrected chi connectivity index (χ1v) is 12.8. The fourth-order valence-corrected chi connectivity index (χ4v) is 4.26. The van der Waals surface area contributed by atoms with Crippen LogP contribution in [0.1, 0.15) is 68.1 Å². The molecule has 2 amide bonds. The van der Waals surface area contributed by atoms with Gasteiger partial charge in [-0.05, 0) is 49.9 Å². The van der Waals surface area contributed by atoms with E-state index < -0.39 is 12.1 Å². The molecule has 0 saturated heterocycles. The van der Waals surface area contributed by atoms with E-state index in [-0.39, 0.29) is 23.5 Å². The van der Waals surface area contributed by atoms with Crippen LogP contribution in [0.3, 0.4) is 0 Å². The Labute approximate surface area is 201 Å². The number of amides is 2. The molecule has 33 heavy (non-hydrogen) atoms. The van der Waals surface area contributed by atoms with Gasteiger partial charge in [-0.25, -0.2) is 0 Å². The number of unbranched alkanes of at least 4 members (excludes halogenated alkanes) is 1. The summed E-state index contributed by atoms with van der Waals surface area (Å²) >= 11 is 1.47. The van der Waals surface area contributed by atoms with Crippen LogP contribution < -0.4 is 10.6 Å². The quantitative estimate of drug-likeness (QED) is 0.408. The van der Waals surface area contributed by atoms with Gasteiger partial charge in [0.05, 0.1) is 23.8 Å². The SMILES string of the molecule is CCCC[C@H](NC(=O)[C@H](CC(C)C)NC(=O)c1ccc(C)cc1)C(=O)CSCc1ccco1. The predicted octanol–water partition coefficient (Wildman–Crippen LogP) is 4.91. The smallest absolute Gasteiger partial charge is 0.251 e. The molecule has 0 fully saturated rings. The number of nitrogens with one attached hydrogen (secondary N) is 2. The van der Waals surface area contributed by atoms with Crippen LogP contribution in [0.4, 0.5) is 0 Å². The number of thioether (sulfide) groups is 1. The Morgan fingerprint density at radius 2 is 1.76 bits per heavy atom. The number of carbonyl (C=O) groups excluding carboxylic acids is 3. The van der Waals surface area contributed by atoms with Crippen LogP contribution in [0, 0.1) is 12.8 Å². The molecule has 0 spiro atoms. The predicted molar refractivity (Wildman–Crippen MR) is 133 cm³/mol. The van der Waals surface area contributed by atoms with Crippen LogP contribution in [-0.4, -0.2) is 35.4 Å². The largest absolute Gasteiger partial charge is 0.468 e. The molecule has 6 nitrogen and oxygen atoms in total. The summed E-state index contributed by atoms with van der Waals surface area (Å²) in [5.41, 5.74) is 1.57. The maximum Gasteiger partial charge on any atom is 0.251 e. The van der Waals surface area contributed by atoms with Gasteiger partial charge >= 0.3 is 0 Å². The second kappa shape index (κ2) is 13.9. The third-order valence-corrected chi connectivity index (χ3v) is 6.24. The van der Waals surface area contributed by atoms with E-state index in [1.54, 1.807) is 18.4 Å². The summed E-state index contributed by atoms with van der Waals surface area (Å²) < 4.78 is 5.31. The highest BCUT2D eigenvalue weighted by Gasteiger charge is 2.27. The lowest BCUT2D eigenvalue weighted by molar-refractivity contribution is -0.128. The number of aryl methyl sites for hydroxylation is 1. The Morgan fingerprint density at radius 1 is 1.03 bits per heavy atom. The highest BCUT2D eigenvalue weighted by atomic mass is 32.2. The number of benzene rings is 1. The second-order valence-corrected chi connectivity index (χ2v) is 9.75. The van der Waals surface area contributed by atoms with Gasteiger partial charge in [-0.1, -0.05) is 51.3 Å². The molecule has 0 aliphatic carbocycles. The van der Waals surface area contributed by atoms with E-state index >= 15 is 0 Å². The molecule has 0 radical (unpaired) electrons. The van der Waals surface area contributed by atoms with E-state index in [1.165, 1.54) is 11.8 Å². The summed E-state index contributed by atoms with van der Waals surface area (Å²) in [5, 5.41) is 5.79. The van der Waals surface area contributed by atoms with E-state index in [0.29, 0.717) is 29.9 Å². The van der Waals surface area contributed by atoms with Gasteiger partial charge in [0, 0.05) is 5.56 Å². The molecule has 1 aromatic heterocycles. The fourth-order valence-electron chi connectivity index (χ4n) is 3.39. The van der Waals surface area contributed by atoms with Gasteiger partial charge in [0.1, 0.15) is 11.8 Å². The average Bonchev–Trinajstić information content (AvgIpc) is 3.29. The minimum absolute atomic E-state index is 0.0125. The molecule has 2 N–H and O–H groups in total. The zero-order chi connectivity index (χ0) is 24.2. The fraction of sp³-hybridized carbons (Fsp3) is 0.500. The molecule has 1 heterocycles. The number of hydrogen-bond acceptors (Lipinski definition) is 5. The first kappa shape index (κ1) is 26.7. The molecule has 2 aromatic rings. The van der Waals surface area contributed by atoms with Crippen LogP contribution in [0.5, 0.6) is 0 Å². The lowest BCUT2D eigenvalue weighted by Gasteiger charge is -2.24. The molecular weight excluding hydrogens is 436 g/mol. The van der Waals surface area contributed by atoms with E-state index in [1.807, 2.05) is 45.0 Å². The standard InChI is InChI=1S/C26H36N2O4S/c1-5-6-9-22(24(29)17-33-16-21-8-7-14-32-21)27-26(31)23(15-18(2)3)28-25(30)20-12-10-19(4)11-13-20/h7-8,10-14,18,22-23H,5-6,9,15-17H2,1-4H3,(H,27,31)(H,28,30)/t22-,23-/m0/s1. The normalized spacial score (nSPS) is 12.9. The number of rotatable bonds is 14. The van der Waals surface area contributed by atoms with Crippen LogP contribution in [0.2, 0.25) is 0 Å². The highest BCUT2D eigenvalue weighted by Crippen LogP contribution is 2.15. The first-order valence-electron chi connectivity index (χ1n) is 11.6. The van der Waals surface area contributed by atoms with Gasteiger partial charge in [-0.2, -0.15) is 0 Å². The summed E-state index contributed by atoms with van der Waals surface area (Å²) in [5.74, 6) is 1.30. The topological polar surface area (TPSA) is 88.4 Å². The minimum atomic E-state index is -0.702. The molecule has 0 unspecified atom stereocenters. The highest BCUT2D eigenvalue weighted by molar-refractivity contribution is 7.99. The number of hydrogen-bond donors (Lipinski definition) is 2. The van der Waals surface area contributed by atoms with Crippen LogP contribution in [-0.2, 0) is 15.3 Å². The molecule has 7 heteroatoms. The van der Waals surface area contributed by atoms with Crippen molar-refractivity contribution in [2.75, 3.05) is 5.75 Å².